The molecule has 4 heteroatoms. The van der Waals surface area contributed by atoms with Gasteiger partial charge in [-0.15, -0.1) is 0 Å². The Balaban J connectivity index is 2.29. The van der Waals surface area contributed by atoms with Crippen LogP contribution in [0.25, 0.3) is 0 Å². The van der Waals surface area contributed by atoms with Gasteiger partial charge in [0.2, 0.25) is 0 Å². The number of aromatic nitrogens is 2. The molecule has 64 valence electrons. The largest absolute Gasteiger partial charge is 0.331 e. The molecule has 2 rings (SSSR count). The lowest BCUT2D eigenvalue weighted by atomic mass is 10.3. The third-order valence-electron chi connectivity index (χ3n) is 1.94. The zero-order chi connectivity index (χ0) is 8.39. The molecule has 1 aliphatic rings. The zero-order valence-electron chi connectivity index (χ0n) is 7.12. The molecule has 0 amide bonds. The van der Waals surface area contributed by atoms with Crippen LogP contribution < -0.4 is 5.32 Å². The van der Waals surface area contributed by atoms with E-state index in [9.17, 15) is 0 Å². The van der Waals surface area contributed by atoms with Gasteiger partial charge in [-0.25, -0.2) is 4.98 Å². The van der Waals surface area contributed by atoms with Gasteiger partial charge in [-0.2, -0.15) is 0 Å². The number of hydrogen-bond donors (Lipinski definition) is 1. The van der Waals surface area contributed by atoms with Crippen LogP contribution in [0.4, 0.5) is 5.82 Å². The van der Waals surface area contributed by atoms with Crippen molar-refractivity contribution in [2.45, 2.75) is 26.4 Å². The minimum atomic E-state index is 0.752. The maximum Gasteiger partial charge on any atom is 0.154 e. The fraction of sp³-hybridized carbons (Fsp3) is 0.500. The lowest BCUT2D eigenvalue weighted by Gasteiger charge is -2.09. The molecule has 1 aliphatic heterocycles. The molecule has 1 N–H and O–H groups in total. The van der Waals surface area contributed by atoms with E-state index in [1.54, 1.807) is 6.34 Å². The predicted octanol–water partition coefficient (Wildman–Crippen LogP) is 1.25. The van der Waals surface area contributed by atoms with Crippen molar-refractivity contribution in [2.75, 3.05) is 5.32 Å². The SMILES string of the molecule is CCCn1cnc2c1CN=CN2. The minimum Gasteiger partial charge on any atom is -0.331 e. The fourth-order valence-corrected chi connectivity index (χ4v) is 1.37. The first-order valence-electron chi connectivity index (χ1n) is 4.20. The first-order chi connectivity index (χ1) is 5.92. The number of anilines is 1. The second-order valence-corrected chi connectivity index (χ2v) is 2.85. The van der Waals surface area contributed by atoms with Crippen molar-refractivity contribution in [2.24, 2.45) is 4.99 Å². The molecule has 0 saturated carbocycles. The maximum atomic E-state index is 4.24. The minimum absolute atomic E-state index is 0.752. The smallest absolute Gasteiger partial charge is 0.154 e. The maximum absolute atomic E-state index is 4.24. The van der Waals surface area contributed by atoms with Crippen LogP contribution in [0.15, 0.2) is 11.3 Å². The Labute approximate surface area is 71.3 Å². The first-order valence-corrected chi connectivity index (χ1v) is 4.20. The van der Waals surface area contributed by atoms with Crippen LogP contribution in [0, 0.1) is 0 Å². The molecule has 1 aromatic heterocycles. The van der Waals surface area contributed by atoms with Gasteiger partial charge in [0, 0.05) is 6.54 Å². The van der Waals surface area contributed by atoms with Gasteiger partial charge in [-0.1, -0.05) is 6.92 Å². The van der Waals surface area contributed by atoms with Crippen LogP contribution in [-0.4, -0.2) is 15.9 Å². The Morgan fingerprint density at radius 2 is 2.58 bits per heavy atom. The third-order valence-corrected chi connectivity index (χ3v) is 1.94. The van der Waals surface area contributed by atoms with Crippen LogP contribution in [0.2, 0.25) is 0 Å². The molecule has 0 saturated heterocycles. The summed E-state index contributed by atoms with van der Waals surface area (Å²) in [6.07, 6.45) is 4.70. The quantitative estimate of drug-likeness (QED) is 0.714. The van der Waals surface area contributed by atoms with Crippen molar-refractivity contribution in [3.63, 3.8) is 0 Å². The number of rotatable bonds is 2. The number of imidazole rings is 1. The Kier molecular flexibility index (Phi) is 1.81. The van der Waals surface area contributed by atoms with Gasteiger partial charge in [-0.05, 0) is 6.42 Å². The van der Waals surface area contributed by atoms with E-state index in [1.807, 2.05) is 6.33 Å². The summed E-state index contributed by atoms with van der Waals surface area (Å²) in [7, 11) is 0. The molecule has 12 heavy (non-hydrogen) atoms. The van der Waals surface area contributed by atoms with E-state index in [4.69, 9.17) is 0 Å². The molecule has 0 atom stereocenters. The molecule has 0 spiro atoms. The van der Waals surface area contributed by atoms with E-state index in [2.05, 4.69) is 26.8 Å². The van der Waals surface area contributed by atoms with Crippen molar-refractivity contribution in [1.82, 2.24) is 9.55 Å². The monoisotopic (exact) mass is 164 g/mol. The molecule has 0 radical (unpaired) electrons. The third kappa shape index (κ3) is 1.09. The van der Waals surface area contributed by atoms with E-state index < -0.39 is 0 Å². The highest BCUT2D eigenvalue weighted by Gasteiger charge is 2.10. The molecule has 2 heterocycles. The Morgan fingerprint density at radius 1 is 1.67 bits per heavy atom. The summed E-state index contributed by atoms with van der Waals surface area (Å²) in [6.45, 7) is 3.94. The van der Waals surface area contributed by atoms with Crippen molar-refractivity contribution in [3.05, 3.63) is 12.0 Å². The molecular weight excluding hydrogens is 152 g/mol. The van der Waals surface area contributed by atoms with Gasteiger partial charge in [0.1, 0.15) is 0 Å². The average Bonchev–Trinajstić information content (AvgIpc) is 2.50. The zero-order valence-corrected chi connectivity index (χ0v) is 7.12. The predicted molar refractivity (Wildman–Crippen MR) is 48.3 cm³/mol. The summed E-state index contributed by atoms with van der Waals surface area (Å²) < 4.78 is 2.15. The topological polar surface area (TPSA) is 42.2 Å². The number of aryl methyl sites for hydroxylation is 1. The summed E-state index contributed by atoms with van der Waals surface area (Å²) in [5.41, 5.74) is 1.19. The lowest BCUT2D eigenvalue weighted by molar-refractivity contribution is 0.647. The number of hydrogen-bond acceptors (Lipinski definition) is 3. The van der Waals surface area contributed by atoms with Crippen LogP contribution in [0.3, 0.4) is 0 Å². The summed E-state index contributed by atoms with van der Waals surface area (Å²) in [6, 6.07) is 0. The molecule has 0 bridgehead atoms. The van der Waals surface area contributed by atoms with E-state index in [-0.39, 0.29) is 0 Å². The second kappa shape index (κ2) is 2.97. The molecule has 0 aromatic carbocycles. The van der Waals surface area contributed by atoms with Crippen LogP contribution in [0.5, 0.6) is 0 Å². The highest BCUT2D eigenvalue weighted by Crippen LogP contribution is 2.16. The molecule has 0 aliphatic carbocycles. The van der Waals surface area contributed by atoms with Crippen molar-refractivity contribution < 1.29 is 0 Å². The summed E-state index contributed by atoms with van der Waals surface area (Å²) >= 11 is 0. The van der Waals surface area contributed by atoms with Crippen molar-refractivity contribution >= 4 is 12.2 Å². The van der Waals surface area contributed by atoms with E-state index in [0.29, 0.717) is 0 Å². The molecule has 0 fully saturated rings. The number of nitrogens with one attached hydrogen (secondary N) is 1. The van der Waals surface area contributed by atoms with Crippen LogP contribution in [0.1, 0.15) is 19.0 Å². The number of fused-ring (bicyclic) bond motifs is 1. The fourth-order valence-electron chi connectivity index (χ4n) is 1.37. The number of nitrogens with zero attached hydrogens (tertiary/aromatic N) is 3. The lowest BCUT2D eigenvalue weighted by Crippen LogP contribution is -2.08. The molecule has 1 aromatic rings. The molecule has 4 nitrogen and oxygen atoms in total. The van der Waals surface area contributed by atoms with Crippen LogP contribution >= 0.6 is 0 Å². The van der Waals surface area contributed by atoms with Gasteiger partial charge in [-0.3, -0.25) is 4.99 Å². The van der Waals surface area contributed by atoms with E-state index in [1.165, 1.54) is 5.69 Å². The van der Waals surface area contributed by atoms with Gasteiger partial charge in [0.05, 0.1) is 24.9 Å². The van der Waals surface area contributed by atoms with Crippen molar-refractivity contribution in [1.29, 1.82) is 0 Å². The first kappa shape index (κ1) is 7.34. The van der Waals surface area contributed by atoms with Gasteiger partial charge in [0.15, 0.2) is 5.82 Å². The molecular formula is C8H12N4. The normalized spacial score (nSPS) is 14.1. The highest BCUT2D eigenvalue weighted by atomic mass is 15.2. The number of aliphatic imine (C=N–C) groups is 1. The average molecular weight is 164 g/mol. The second-order valence-electron chi connectivity index (χ2n) is 2.85. The van der Waals surface area contributed by atoms with E-state index >= 15 is 0 Å². The summed E-state index contributed by atoms with van der Waals surface area (Å²) in [4.78, 5) is 8.37. The Hall–Kier alpha value is -1.32. The van der Waals surface area contributed by atoms with Gasteiger partial charge in [0.25, 0.3) is 0 Å². The van der Waals surface area contributed by atoms with Crippen LogP contribution in [-0.2, 0) is 13.1 Å². The standard InChI is InChI=1S/C8H12N4/c1-2-3-12-6-11-8-7(12)4-9-5-10-8/h5-6H,2-4H2,1H3,(H,9,10). The van der Waals surface area contributed by atoms with Gasteiger partial charge < -0.3 is 9.88 Å². The Bertz CT molecular complexity index is 300. The van der Waals surface area contributed by atoms with Crippen molar-refractivity contribution in [3.8, 4) is 0 Å². The highest BCUT2D eigenvalue weighted by molar-refractivity contribution is 5.76. The molecule has 0 unspecified atom stereocenters. The summed E-state index contributed by atoms with van der Waals surface area (Å²) in [5.74, 6) is 0.957. The van der Waals surface area contributed by atoms with Gasteiger partial charge >= 0.3 is 0 Å². The Morgan fingerprint density at radius 3 is 3.42 bits per heavy atom. The summed E-state index contributed by atoms with van der Waals surface area (Å²) in [5, 5.41) is 3.02. The van der Waals surface area contributed by atoms with E-state index in [0.717, 1.165) is 25.3 Å².